The van der Waals surface area contributed by atoms with Gasteiger partial charge in [0.2, 0.25) is 0 Å². The number of carbonyl (C=O) groups excluding carboxylic acids is 1. The number of hydrogen-bond acceptors (Lipinski definition) is 3. The van der Waals surface area contributed by atoms with Gasteiger partial charge >= 0.3 is 5.97 Å². The number of benzene rings is 1. The molecule has 0 amide bonds. The van der Waals surface area contributed by atoms with Crippen molar-refractivity contribution < 1.29 is 9.53 Å². The average Bonchev–Trinajstić information content (AvgIpc) is 2.70. The molecular formula is C24H35NO2. The summed E-state index contributed by atoms with van der Waals surface area (Å²) >= 11 is 0. The second-order valence-corrected chi connectivity index (χ2v) is 8.15. The molecule has 1 aliphatic carbocycles. The van der Waals surface area contributed by atoms with E-state index in [1.54, 1.807) is 0 Å². The molecule has 1 aliphatic rings. The van der Waals surface area contributed by atoms with Gasteiger partial charge in [0.25, 0.3) is 0 Å². The molecule has 0 saturated heterocycles. The number of rotatable bonds is 10. The second-order valence-electron chi connectivity index (χ2n) is 8.15. The first-order valence-corrected chi connectivity index (χ1v) is 10.8. The van der Waals surface area contributed by atoms with E-state index in [1.807, 2.05) is 12.1 Å². The molecule has 1 saturated carbocycles. The molecule has 0 radical (unpaired) electrons. The number of nitriles is 1. The first kappa shape index (κ1) is 21.5. The van der Waals surface area contributed by atoms with E-state index in [1.165, 1.54) is 37.7 Å². The summed E-state index contributed by atoms with van der Waals surface area (Å²) in [5.41, 5.74) is 1.08. The third kappa shape index (κ3) is 6.69. The highest BCUT2D eigenvalue weighted by Crippen LogP contribution is 2.42. The van der Waals surface area contributed by atoms with Crippen LogP contribution in [0.4, 0.5) is 0 Å². The molecule has 0 spiro atoms. The molecule has 0 N–H and O–H groups in total. The molecule has 1 aromatic rings. The monoisotopic (exact) mass is 369 g/mol. The van der Waals surface area contributed by atoms with E-state index in [4.69, 9.17) is 4.74 Å². The van der Waals surface area contributed by atoms with Crippen LogP contribution in [0.5, 0.6) is 5.75 Å². The van der Waals surface area contributed by atoms with Crippen LogP contribution in [0.15, 0.2) is 24.3 Å². The van der Waals surface area contributed by atoms with Crippen LogP contribution in [-0.4, -0.2) is 5.97 Å². The predicted octanol–water partition coefficient (Wildman–Crippen LogP) is 6.61. The SMILES string of the molecule is CCCCCc1ccc(OC(=O)[C@H]2CC[C@@](C#N)(CCCCC)CC2)cc1. The minimum atomic E-state index is -0.216. The van der Waals surface area contributed by atoms with Crippen LogP contribution in [-0.2, 0) is 11.2 Å². The largest absolute Gasteiger partial charge is 0.426 e. The molecule has 0 aliphatic heterocycles. The molecule has 0 bridgehead atoms. The number of esters is 1. The first-order chi connectivity index (χ1) is 13.1. The molecule has 2 rings (SSSR count). The van der Waals surface area contributed by atoms with Gasteiger partial charge in [0.05, 0.1) is 17.4 Å². The van der Waals surface area contributed by atoms with Gasteiger partial charge in [-0.3, -0.25) is 4.79 Å². The van der Waals surface area contributed by atoms with Gasteiger partial charge in [0, 0.05) is 0 Å². The van der Waals surface area contributed by atoms with E-state index in [0.717, 1.165) is 44.9 Å². The normalized spacial score (nSPS) is 22.2. The molecule has 0 heterocycles. The van der Waals surface area contributed by atoms with Crippen molar-refractivity contribution in [2.45, 2.75) is 90.9 Å². The minimum Gasteiger partial charge on any atom is -0.426 e. The summed E-state index contributed by atoms with van der Waals surface area (Å²) in [5, 5.41) is 9.64. The summed E-state index contributed by atoms with van der Waals surface area (Å²) in [6, 6.07) is 10.5. The standard InChI is InChI=1S/C24H35NO2/c1-3-5-7-9-20-10-12-22(13-11-20)27-23(26)21-14-17-24(19-25,18-15-21)16-8-6-4-2/h10-13,21H,3-9,14-18H2,1-2H3/t21-,24-. The number of ether oxygens (including phenoxy) is 1. The first-order valence-electron chi connectivity index (χ1n) is 10.8. The Morgan fingerprint density at radius 1 is 1.07 bits per heavy atom. The second kappa shape index (κ2) is 11.1. The number of nitrogens with zero attached hydrogens (tertiary/aromatic N) is 1. The van der Waals surface area contributed by atoms with Gasteiger partial charge in [-0.25, -0.2) is 0 Å². The molecule has 148 valence electrons. The van der Waals surface area contributed by atoms with E-state index in [-0.39, 0.29) is 17.3 Å². The molecule has 1 fully saturated rings. The number of unbranched alkanes of at least 4 members (excludes halogenated alkanes) is 4. The maximum absolute atomic E-state index is 12.5. The van der Waals surface area contributed by atoms with Crippen LogP contribution < -0.4 is 4.74 Å². The van der Waals surface area contributed by atoms with E-state index >= 15 is 0 Å². The Morgan fingerprint density at radius 2 is 1.70 bits per heavy atom. The van der Waals surface area contributed by atoms with Crippen molar-refractivity contribution in [1.82, 2.24) is 0 Å². The quantitative estimate of drug-likeness (QED) is 0.265. The maximum atomic E-state index is 12.5. The summed E-state index contributed by atoms with van der Waals surface area (Å²) in [6.45, 7) is 4.39. The van der Waals surface area contributed by atoms with Crippen molar-refractivity contribution in [3.8, 4) is 11.8 Å². The Morgan fingerprint density at radius 3 is 2.30 bits per heavy atom. The minimum absolute atomic E-state index is 0.0677. The molecule has 27 heavy (non-hydrogen) atoms. The number of aryl methyl sites for hydroxylation is 1. The fourth-order valence-corrected chi connectivity index (χ4v) is 4.04. The fourth-order valence-electron chi connectivity index (χ4n) is 4.04. The summed E-state index contributed by atoms with van der Waals surface area (Å²) in [6.07, 6.45) is 12.4. The molecule has 3 heteroatoms. The lowest BCUT2D eigenvalue weighted by molar-refractivity contribution is -0.140. The van der Waals surface area contributed by atoms with Crippen molar-refractivity contribution >= 4 is 5.97 Å². The number of hydrogen-bond donors (Lipinski definition) is 0. The van der Waals surface area contributed by atoms with Crippen molar-refractivity contribution in [3.05, 3.63) is 29.8 Å². The van der Waals surface area contributed by atoms with Gasteiger partial charge in [-0.15, -0.1) is 0 Å². The van der Waals surface area contributed by atoms with Crippen LogP contribution in [0, 0.1) is 22.7 Å². The third-order valence-electron chi connectivity index (χ3n) is 5.98. The van der Waals surface area contributed by atoms with Crippen molar-refractivity contribution in [1.29, 1.82) is 5.26 Å². The van der Waals surface area contributed by atoms with Crippen LogP contribution in [0.1, 0.15) is 90.0 Å². The summed E-state index contributed by atoms with van der Waals surface area (Å²) < 4.78 is 5.61. The lowest BCUT2D eigenvalue weighted by atomic mass is 9.69. The predicted molar refractivity (Wildman–Crippen MR) is 109 cm³/mol. The van der Waals surface area contributed by atoms with Gasteiger partial charge in [0.15, 0.2) is 0 Å². The highest BCUT2D eigenvalue weighted by atomic mass is 16.5. The Hall–Kier alpha value is -1.82. The summed E-state index contributed by atoms with van der Waals surface area (Å²) in [5.74, 6) is 0.440. The molecule has 0 unspecified atom stereocenters. The molecule has 0 aromatic heterocycles. The smallest absolute Gasteiger partial charge is 0.314 e. The van der Waals surface area contributed by atoms with Gasteiger partial charge in [0.1, 0.15) is 5.75 Å². The van der Waals surface area contributed by atoms with Gasteiger partial charge in [-0.05, 0) is 62.6 Å². The zero-order valence-electron chi connectivity index (χ0n) is 17.1. The highest BCUT2D eigenvalue weighted by molar-refractivity contribution is 5.75. The van der Waals surface area contributed by atoms with E-state index in [2.05, 4.69) is 32.0 Å². The molecule has 3 nitrogen and oxygen atoms in total. The van der Waals surface area contributed by atoms with E-state index in [9.17, 15) is 10.1 Å². The Labute approximate surface area is 165 Å². The topological polar surface area (TPSA) is 50.1 Å². The zero-order chi connectivity index (χ0) is 19.5. The van der Waals surface area contributed by atoms with E-state index in [0.29, 0.717) is 5.75 Å². The van der Waals surface area contributed by atoms with Crippen LogP contribution in [0.25, 0.3) is 0 Å². The average molecular weight is 370 g/mol. The van der Waals surface area contributed by atoms with Gasteiger partial charge in [-0.1, -0.05) is 58.1 Å². The Balaban J connectivity index is 1.81. The summed E-state index contributed by atoms with van der Waals surface area (Å²) in [4.78, 5) is 12.5. The lowest BCUT2D eigenvalue weighted by Gasteiger charge is -2.34. The van der Waals surface area contributed by atoms with Crippen molar-refractivity contribution in [2.75, 3.05) is 0 Å². The van der Waals surface area contributed by atoms with Crippen LogP contribution in [0.3, 0.4) is 0 Å². The molecule has 0 atom stereocenters. The zero-order valence-corrected chi connectivity index (χ0v) is 17.1. The number of carbonyl (C=O) groups is 1. The summed E-state index contributed by atoms with van der Waals surface area (Å²) in [7, 11) is 0. The maximum Gasteiger partial charge on any atom is 0.314 e. The van der Waals surface area contributed by atoms with Crippen molar-refractivity contribution in [2.24, 2.45) is 11.3 Å². The van der Waals surface area contributed by atoms with Crippen LogP contribution >= 0.6 is 0 Å². The van der Waals surface area contributed by atoms with E-state index < -0.39 is 0 Å². The molecular weight excluding hydrogens is 334 g/mol. The molecule has 1 aromatic carbocycles. The fraction of sp³-hybridized carbons (Fsp3) is 0.667. The van der Waals surface area contributed by atoms with Gasteiger partial charge < -0.3 is 4.74 Å². The Kier molecular flexibility index (Phi) is 8.85. The highest BCUT2D eigenvalue weighted by Gasteiger charge is 2.37. The lowest BCUT2D eigenvalue weighted by Crippen LogP contribution is -2.31. The third-order valence-corrected chi connectivity index (χ3v) is 5.98. The van der Waals surface area contributed by atoms with Crippen LogP contribution in [0.2, 0.25) is 0 Å². The Bertz CT molecular complexity index is 606. The van der Waals surface area contributed by atoms with Gasteiger partial charge in [-0.2, -0.15) is 5.26 Å². The van der Waals surface area contributed by atoms with Crippen molar-refractivity contribution in [3.63, 3.8) is 0 Å².